The van der Waals surface area contributed by atoms with Gasteiger partial charge in [-0.1, -0.05) is 13.3 Å². The van der Waals surface area contributed by atoms with Gasteiger partial charge < -0.3 is 9.47 Å². The molecule has 0 bridgehead atoms. The molecule has 0 saturated carbocycles. The number of cyclic esters (lactones) is 2. The van der Waals surface area contributed by atoms with Crippen LogP contribution in [0.15, 0.2) is 0 Å². The lowest BCUT2D eigenvalue weighted by Gasteiger charge is -2.36. The lowest BCUT2D eigenvalue weighted by atomic mass is 10.1. The number of unbranched alkanes of at least 4 members (excludes halogenated alkanes) is 1. The third-order valence-electron chi connectivity index (χ3n) is 1.58. The first kappa shape index (κ1) is 7.38. The molecular formula is C7H12O3. The van der Waals surface area contributed by atoms with Gasteiger partial charge in [0.05, 0.1) is 0 Å². The highest BCUT2D eigenvalue weighted by molar-refractivity contribution is 5.65. The van der Waals surface area contributed by atoms with Gasteiger partial charge in [0.2, 0.25) is 0 Å². The van der Waals surface area contributed by atoms with E-state index in [0.29, 0.717) is 0 Å². The van der Waals surface area contributed by atoms with Crippen LogP contribution in [0.25, 0.3) is 0 Å². The summed E-state index contributed by atoms with van der Waals surface area (Å²) >= 11 is 0. The molecule has 1 heterocycles. The van der Waals surface area contributed by atoms with E-state index in [1.165, 1.54) is 0 Å². The average Bonchev–Trinajstić information content (AvgIpc) is 1.81. The van der Waals surface area contributed by atoms with Gasteiger partial charge in [0.25, 0.3) is 5.79 Å². The molecule has 1 aliphatic heterocycles. The summed E-state index contributed by atoms with van der Waals surface area (Å²) in [4.78, 5) is 10.2. The van der Waals surface area contributed by atoms with Crippen molar-refractivity contribution in [3.05, 3.63) is 0 Å². The van der Waals surface area contributed by atoms with E-state index in [1.54, 1.807) is 6.92 Å². The average molecular weight is 144 g/mol. The molecule has 0 spiro atoms. The highest BCUT2D eigenvalue weighted by Gasteiger charge is 2.42. The van der Waals surface area contributed by atoms with Crippen LogP contribution in [0.4, 0.5) is 4.79 Å². The highest BCUT2D eigenvalue weighted by atomic mass is 16.9. The molecule has 0 aliphatic carbocycles. The Kier molecular flexibility index (Phi) is 1.83. The number of carbonyl (C=O) groups excluding carboxylic acids is 1. The van der Waals surface area contributed by atoms with Gasteiger partial charge in [0, 0.05) is 13.3 Å². The molecule has 3 nitrogen and oxygen atoms in total. The zero-order valence-corrected chi connectivity index (χ0v) is 6.35. The van der Waals surface area contributed by atoms with Crippen molar-refractivity contribution in [2.45, 2.75) is 38.9 Å². The maximum Gasteiger partial charge on any atom is 0.514 e. The van der Waals surface area contributed by atoms with Gasteiger partial charge in [0.1, 0.15) is 0 Å². The van der Waals surface area contributed by atoms with Crippen LogP contribution in [0.2, 0.25) is 0 Å². The standard InChI is InChI=1S/C7H12O3/c1-3-4-5-7(2)9-6(8)10-7/h3-5H2,1-2H3. The number of hydrogen-bond donors (Lipinski definition) is 0. The molecule has 0 amide bonds. The maximum absolute atomic E-state index is 10.2. The lowest BCUT2D eigenvalue weighted by molar-refractivity contribution is -0.263. The molecule has 3 heteroatoms. The minimum Gasteiger partial charge on any atom is -0.391 e. The summed E-state index contributed by atoms with van der Waals surface area (Å²) < 4.78 is 9.54. The predicted molar refractivity (Wildman–Crippen MR) is 35.5 cm³/mol. The topological polar surface area (TPSA) is 35.5 Å². The Bertz CT molecular complexity index is 134. The first-order valence-electron chi connectivity index (χ1n) is 3.58. The van der Waals surface area contributed by atoms with Crippen molar-refractivity contribution in [1.29, 1.82) is 0 Å². The molecule has 0 aromatic heterocycles. The van der Waals surface area contributed by atoms with Crippen LogP contribution in [0.1, 0.15) is 33.1 Å². The summed E-state index contributed by atoms with van der Waals surface area (Å²) in [5.41, 5.74) is 0. The van der Waals surface area contributed by atoms with E-state index < -0.39 is 11.9 Å². The summed E-state index contributed by atoms with van der Waals surface area (Å²) in [6, 6.07) is 0. The molecule has 58 valence electrons. The van der Waals surface area contributed by atoms with Crippen LogP contribution in [-0.4, -0.2) is 11.9 Å². The van der Waals surface area contributed by atoms with Crippen molar-refractivity contribution in [2.75, 3.05) is 0 Å². The molecule has 1 rings (SSSR count). The van der Waals surface area contributed by atoms with Gasteiger partial charge in [-0.15, -0.1) is 0 Å². The lowest BCUT2D eigenvalue weighted by Crippen LogP contribution is -2.47. The fourth-order valence-electron chi connectivity index (χ4n) is 0.960. The Balaban J connectivity index is 2.21. The van der Waals surface area contributed by atoms with E-state index in [4.69, 9.17) is 9.47 Å². The third kappa shape index (κ3) is 1.40. The van der Waals surface area contributed by atoms with Gasteiger partial charge in [0.15, 0.2) is 0 Å². The predicted octanol–water partition coefficient (Wildman–Crippen LogP) is 2.06. The second-order valence-corrected chi connectivity index (χ2v) is 2.69. The molecule has 1 saturated heterocycles. The van der Waals surface area contributed by atoms with Gasteiger partial charge in [-0.05, 0) is 6.42 Å². The SMILES string of the molecule is CCCCC1(C)OC(=O)O1. The van der Waals surface area contributed by atoms with Gasteiger partial charge in [-0.25, -0.2) is 4.79 Å². The van der Waals surface area contributed by atoms with E-state index >= 15 is 0 Å². The van der Waals surface area contributed by atoms with Crippen LogP contribution in [0, 0.1) is 0 Å². The number of carbonyl (C=O) groups is 1. The summed E-state index contributed by atoms with van der Waals surface area (Å²) in [6.07, 6.45) is 2.38. The van der Waals surface area contributed by atoms with Crippen molar-refractivity contribution >= 4 is 6.16 Å². The molecule has 0 N–H and O–H groups in total. The monoisotopic (exact) mass is 144 g/mol. The smallest absolute Gasteiger partial charge is 0.391 e. The van der Waals surface area contributed by atoms with Crippen molar-refractivity contribution in [3.63, 3.8) is 0 Å². The molecular weight excluding hydrogens is 132 g/mol. The van der Waals surface area contributed by atoms with Crippen LogP contribution >= 0.6 is 0 Å². The Labute approximate surface area is 60.3 Å². The van der Waals surface area contributed by atoms with Crippen molar-refractivity contribution in [3.8, 4) is 0 Å². The Morgan fingerprint density at radius 3 is 2.50 bits per heavy atom. The second kappa shape index (κ2) is 2.48. The maximum atomic E-state index is 10.2. The zero-order chi connectivity index (χ0) is 7.61. The summed E-state index contributed by atoms with van der Waals surface area (Å²) in [6.45, 7) is 3.87. The molecule has 0 aromatic carbocycles. The number of hydrogen-bond acceptors (Lipinski definition) is 3. The van der Waals surface area contributed by atoms with Crippen molar-refractivity contribution in [1.82, 2.24) is 0 Å². The Morgan fingerprint density at radius 2 is 2.10 bits per heavy atom. The summed E-state index contributed by atoms with van der Waals surface area (Å²) in [5, 5.41) is 0. The molecule has 1 fully saturated rings. The van der Waals surface area contributed by atoms with Gasteiger partial charge >= 0.3 is 6.16 Å². The molecule has 0 unspecified atom stereocenters. The minimum atomic E-state index is -0.604. The van der Waals surface area contributed by atoms with Gasteiger partial charge in [-0.3, -0.25) is 0 Å². The molecule has 0 aromatic rings. The second-order valence-electron chi connectivity index (χ2n) is 2.69. The fraction of sp³-hybridized carbons (Fsp3) is 0.857. The van der Waals surface area contributed by atoms with Crippen LogP contribution in [0.3, 0.4) is 0 Å². The Morgan fingerprint density at radius 1 is 1.50 bits per heavy atom. The van der Waals surface area contributed by atoms with Crippen LogP contribution in [0.5, 0.6) is 0 Å². The molecule has 1 aliphatic rings. The van der Waals surface area contributed by atoms with Crippen LogP contribution in [-0.2, 0) is 9.47 Å². The minimum absolute atomic E-state index is 0.543. The fourth-order valence-corrected chi connectivity index (χ4v) is 0.960. The van der Waals surface area contributed by atoms with Gasteiger partial charge in [-0.2, -0.15) is 0 Å². The first-order chi connectivity index (χ1) is 4.66. The summed E-state index contributed by atoms with van der Waals surface area (Å²) in [7, 11) is 0. The Hall–Kier alpha value is -0.730. The zero-order valence-electron chi connectivity index (χ0n) is 6.35. The van der Waals surface area contributed by atoms with E-state index in [1.807, 2.05) is 0 Å². The van der Waals surface area contributed by atoms with E-state index in [-0.39, 0.29) is 0 Å². The number of rotatable bonds is 3. The highest BCUT2D eigenvalue weighted by Crippen LogP contribution is 2.29. The molecule has 0 radical (unpaired) electrons. The quantitative estimate of drug-likeness (QED) is 0.569. The van der Waals surface area contributed by atoms with Crippen LogP contribution < -0.4 is 0 Å². The first-order valence-corrected chi connectivity index (χ1v) is 3.58. The summed E-state index contributed by atoms with van der Waals surface area (Å²) in [5.74, 6) is -0.604. The normalized spacial score (nSPS) is 20.8. The van der Waals surface area contributed by atoms with E-state index in [0.717, 1.165) is 19.3 Å². The largest absolute Gasteiger partial charge is 0.514 e. The van der Waals surface area contributed by atoms with E-state index in [9.17, 15) is 4.79 Å². The van der Waals surface area contributed by atoms with E-state index in [2.05, 4.69) is 6.92 Å². The third-order valence-corrected chi connectivity index (χ3v) is 1.58. The van der Waals surface area contributed by atoms with Crippen molar-refractivity contribution in [2.24, 2.45) is 0 Å². The molecule has 10 heavy (non-hydrogen) atoms. The van der Waals surface area contributed by atoms with Crippen molar-refractivity contribution < 1.29 is 14.3 Å². The molecule has 0 atom stereocenters. The number of ether oxygens (including phenoxy) is 2.